The first-order chi connectivity index (χ1) is 6.79. The third kappa shape index (κ3) is 4.36. The van der Waals surface area contributed by atoms with Crippen molar-refractivity contribution in [2.45, 2.75) is 6.54 Å². The molecule has 0 aromatic carbocycles. The van der Waals surface area contributed by atoms with E-state index in [2.05, 4.69) is 20.0 Å². The van der Waals surface area contributed by atoms with Crippen LogP contribution < -0.4 is 11.1 Å². The van der Waals surface area contributed by atoms with Gasteiger partial charge in [0.1, 0.15) is 6.61 Å². The molecule has 1 rings (SSSR count). The largest absolute Gasteiger partial charge is 0.448 e. The highest BCUT2D eigenvalue weighted by molar-refractivity contribution is 5.64. The van der Waals surface area contributed by atoms with Crippen molar-refractivity contribution >= 4 is 6.09 Å². The molecule has 76 valence electrons. The van der Waals surface area contributed by atoms with E-state index in [1.165, 1.54) is 0 Å². The Labute approximate surface area is 81.5 Å². The van der Waals surface area contributed by atoms with Gasteiger partial charge in [0.25, 0.3) is 0 Å². The fraction of sp³-hybridized carbons (Fsp3) is 0.375. The number of nitrogens with one attached hydrogen (secondary N) is 1. The van der Waals surface area contributed by atoms with E-state index in [0.717, 1.165) is 5.69 Å². The molecule has 0 radical (unpaired) electrons. The van der Waals surface area contributed by atoms with Crippen LogP contribution >= 0.6 is 0 Å². The zero-order valence-corrected chi connectivity index (χ0v) is 7.64. The van der Waals surface area contributed by atoms with Gasteiger partial charge in [-0.15, -0.1) is 0 Å². The third-order valence-electron chi connectivity index (χ3n) is 1.45. The van der Waals surface area contributed by atoms with Gasteiger partial charge in [0.15, 0.2) is 0 Å². The number of ether oxygens (including phenoxy) is 1. The van der Waals surface area contributed by atoms with E-state index >= 15 is 0 Å². The second-order valence-electron chi connectivity index (χ2n) is 2.54. The lowest BCUT2D eigenvalue weighted by Gasteiger charge is -2.03. The molecule has 0 atom stereocenters. The van der Waals surface area contributed by atoms with Crippen LogP contribution in [0.3, 0.4) is 0 Å². The predicted molar refractivity (Wildman–Crippen MR) is 49.3 cm³/mol. The Kier molecular flexibility index (Phi) is 4.36. The van der Waals surface area contributed by atoms with Crippen molar-refractivity contribution in [3.8, 4) is 0 Å². The molecule has 6 heteroatoms. The third-order valence-corrected chi connectivity index (χ3v) is 1.45. The molecular formula is C8H12N4O2. The summed E-state index contributed by atoms with van der Waals surface area (Å²) in [4.78, 5) is 18.1. The molecule has 0 saturated heterocycles. The summed E-state index contributed by atoms with van der Waals surface area (Å²) in [5.74, 6) is 0. The van der Waals surface area contributed by atoms with Crippen molar-refractivity contribution in [3.63, 3.8) is 0 Å². The van der Waals surface area contributed by atoms with E-state index in [4.69, 9.17) is 5.73 Å². The Balaban J connectivity index is 2.08. The monoisotopic (exact) mass is 196 g/mol. The first-order valence-electron chi connectivity index (χ1n) is 4.17. The molecular weight excluding hydrogens is 184 g/mol. The molecule has 0 unspecified atom stereocenters. The molecule has 6 nitrogen and oxygen atoms in total. The molecule has 1 aromatic rings. The average molecular weight is 196 g/mol. The first-order valence-corrected chi connectivity index (χ1v) is 4.17. The minimum atomic E-state index is -0.758. The minimum Gasteiger partial charge on any atom is -0.448 e. The second-order valence-corrected chi connectivity index (χ2v) is 2.54. The Morgan fingerprint density at radius 3 is 3.07 bits per heavy atom. The number of hydrogen-bond acceptors (Lipinski definition) is 5. The number of carbonyl (C=O) groups is 1. The van der Waals surface area contributed by atoms with E-state index in [9.17, 15) is 4.79 Å². The van der Waals surface area contributed by atoms with Gasteiger partial charge >= 0.3 is 6.09 Å². The molecule has 0 aliphatic rings. The lowest BCUT2D eigenvalue weighted by molar-refractivity contribution is 0.157. The number of nitrogens with zero attached hydrogens (tertiary/aromatic N) is 2. The van der Waals surface area contributed by atoms with Crippen molar-refractivity contribution in [2.24, 2.45) is 5.73 Å². The van der Waals surface area contributed by atoms with E-state index in [-0.39, 0.29) is 6.61 Å². The highest BCUT2D eigenvalue weighted by Crippen LogP contribution is 1.87. The van der Waals surface area contributed by atoms with Gasteiger partial charge in [-0.25, -0.2) is 4.79 Å². The van der Waals surface area contributed by atoms with E-state index in [1.807, 2.05) is 0 Å². The predicted octanol–water partition coefficient (Wildman–Crippen LogP) is -0.339. The Morgan fingerprint density at radius 2 is 2.43 bits per heavy atom. The summed E-state index contributed by atoms with van der Waals surface area (Å²) in [7, 11) is 0. The lowest BCUT2D eigenvalue weighted by atomic mass is 10.4. The minimum absolute atomic E-state index is 0.260. The topological polar surface area (TPSA) is 90.1 Å². The molecule has 0 fully saturated rings. The van der Waals surface area contributed by atoms with Crippen molar-refractivity contribution in [1.82, 2.24) is 15.3 Å². The number of amides is 1. The molecule has 0 aliphatic heterocycles. The van der Waals surface area contributed by atoms with Gasteiger partial charge < -0.3 is 15.8 Å². The summed E-state index contributed by atoms with van der Waals surface area (Å²) in [6, 6.07) is 0. The number of nitrogens with two attached hydrogens (primary N) is 1. The van der Waals surface area contributed by atoms with Crippen LogP contribution in [0.5, 0.6) is 0 Å². The van der Waals surface area contributed by atoms with Gasteiger partial charge in [0.2, 0.25) is 0 Å². The van der Waals surface area contributed by atoms with E-state index in [1.54, 1.807) is 18.6 Å². The summed E-state index contributed by atoms with van der Waals surface area (Å²) in [6.45, 7) is 1.39. The quantitative estimate of drug-likeness (QED) is 0.629. The number of hydrogen-bond donors (Lipinski definition) is 2. The zero-order valence-electron chi connectivity index (χ0n) is 7.64. The fourth-order valence-corrected chi connectivity index (χ4v) is 0.862. The Hall–Kier alpha value is -1.69. The maximum atomic E-state index is 10.2. The Bertz CT molecular complexity index is 278. The summed E-state index contributed by atoms with van der Waals surface area (Å²) in [5, 5.41) is 3.02. The van der Waals surface area contributed by atoms with Crippen molar-refractivity contribution in [2.75, 3.05) is 13.2 Å². The van der Waals surface area contributed by atoms with Gasteiger partial charge in [-0.05, 0) is 0 Å². The molecule has 1 amide bonds. The molecule has 1 aromatic heterocycles. The van der Waals surface area contributed by atoms with Gasteiger partial charge in [0, 0.05) is 31.7 Å². The van der Waals surface area contributed by atoms with Crippen LogP contribution in [0, 0.1) is 0 Å². The van der Waals surface area contributed by atoms with Crippen molar-refractivity contribution in [3.05, 3.63) is 24.3 Å². The summed E-state index contributed by atoms with van der Waals surface area (Å²) < 4.78 is 4.52. The number of primary amides is 1. The number of carbonyl (C=O) groups excluding carboxylic acids is 1. The fourth-order valence-electron chi connectivity index (χ4n) is 0.862. The molecule has 3 N–H and O–H groups in total. The van der Waals surface area contributed by atoms with Crippen LogP contribution in [0.15, 0.2) is 18.6 Å². The maximum Gasteiger partial charge on any atom is 0.404 e. The molecule has 0 bridgehead atoms. The van der Waals surface area contributed by atoms with Crippen LogP contribution in [0.1, 0.15) is 5.69 Å². The normalized spacial score (nSPS) is 9.71. The molecule has 0 aliphatic carbocycles. The van der Waals surface area contributed by atoms with Crippen LogP contribution in [-0.4, -0.2) is 29.2 Å². The van der Waals surface area contributed by atoms with Crippen LogP contribution in [0.4, 0.5) is 4.79 Å². The summed E-state index contributed by atoms with van der Waals surface area (Å²) in [6.07, 6.45) is 4.14. The molecule has 14 heavy (non-hydrogen) atoms. The number of rotatable bonds is 5. The first kappa shape index (κ1) is 10.4. The van der Waals surface area contributed by atoms with Gasteiger partial charge in [0.05, 0.1) is 5.69 Å². The summed E-state index contributed by atoms with van der Waals surface area (Å²) >= 11 is 0. The molecule has 0 spiro atoms. The van der Waals surface area contributed by atoms with Crippen molar-refractivity contribution < 1.29 is 9.53 Å². The van der Waals surface area contributed by atoms with Crippen LogP contribution in [0.25, 0.3) is 0 Å². The SMILES string of the molecule is NC(=O)OCCNCc1cnccn1. The van der Waals surface area contributed by atoms with E-state index in [0.29, 0.717) is 13.1 Å². The average Bonchev–Trinajstić information content (AvgIpc) is 2.18. The lowest BCUT2D eigenvalue weighted by Crippen LogP contribution is -2.23. The second kappa shape index (κ2) is 5.87. The zero-order chi connectivity index (χ0) is 10.2. The maximum absolute atomic E-state index is 10.2. The van der Waals surface area contributed by atoms with Crippen LogP contribution in [0.2, 0.25) is 0 Å². The van der Waals surface area contributed by atoms with Crippen molar-refractivity contribution in [1.29, 1.82) is 0 Å². The Morgan fingerprint density at radius 1 is 1.57 bits per heavy atom. The van der Waals surface area contributed by atoms with Gasteiger partial charge in [-0.2, -0.15) is 0 Å². The smallest absolute Gasteiger partial charge is 0.404 e. The van der Waals surface area contributed by atoms with Gasteiger partial charge in [-0.1, -0.05) is 0 Å². The molecule has 0 saturated carbocycles. The summed E-state index contributed by atoms with van der Waals surface area (Å²) in [5.41, 5.74) is 5.61. The highest BCUT2D eigenvalue weighted by Gasteiger charge is 1.94. The number of aromatic nitrogens is 2. The van der Waals surface area contributed by atoms with Crippen LogP contribution in [-0.2, 0) is 11.3 Å². The standard InChI is InChI=1S/C8H12N4O2/c9-8(13)14-4-3-11-6-7-5-10-1-2-12-7/h1-2,5,11H,3-4,6H2,(H2,9,13). The highest BCUT2D eigenvalue weighted by atomic mass is 16.5. The van der Waals surface area contributed by atoms with Gasteiger partial charge in [-0.3, -0.25) is 9.97 Å². The molecule has 1 heterocycles. The van der Waals surface area contributed by atoms with E-state index < -0.39 is 6.09 Å².